The standard InChI is InChI=1S/C24H24N6O/c1-29-13-20(11-27-29)30-7-4-17(12-30)22(31)28-21-9-18-8-19(3-2-16(18)10-26-21)24(15-25)14-23(24)5-6-23/h2-3,8-11,13,17H,4-7,12,14H2,1H3,(H,26,28,31). The highest BCUT2D eigenvalue weighted by Crippen LogP contribution is 2.78. The number of fused-ring (bicyclic) bond motifs is 1. The molecule has 2 saturated carbocycles. The first-order chi connectivity index (χ1) is 15.0. The molecule has 3 fully saturated rings. The van der Waals surface area contributed by atoms with E-state index < -0.39 is 0 Å². The molecule has 6 rings (SSSR count). The van der Waals surface area contributed by atoms with Crippen molar-refractivity contribution in [3.8, 4) is 6.07 Å². The maximum absolute atomic E-state index is 12.9. The third kappa shape index (κ3) is 2.82. The van der Waals surface area contributed by atoms with Crippen LogP contribution in [-0.4, -0.2) is 33.8 Å². The Labute approximate surface area is 180 Å². The molecule has 1 aromatic carbocycles. The van der Waals surface area contributed by atoms with Crippen LogP contribution >= 0.6 is 0 Å². The van der Waals surface area contributed by atoms with E-state index >= 15 is 0 Å². The molecule has 156 valence electrons. The van der Waals surface area contributed by atoms with Gasteiger partial charge >= 0.3 is 0 Å². The maximum Gasteiger partial charge on any atom is 0.230 e. The van der Waals surface area contributed by atoms with Gasteiger partial charge in [0.1, 0.15) is 5.82 Å². The fourth-order valence-electron chi connectivity index (χ4n) is 5.33. The zero-order valence-corrected chi connectivity index (χ0v) is 17.5. The fraction of sp³-hybridized carbons (Fsp3) is 0.417. The number of amides is 1. The smallest absolute Gasteiger partial charge is 0.230 e. The number of nitrogens with one attached hydrogen (secondary N) is 1. The van der Waals surface area contributed by atoms with Crippen molar-refractivity contribution in [3.05, 3.63) is 48.4 Å². The van der Waals surface area contributed by atoms with Crippen LogP contribution in [0.15, 0.2) is 42.9 Å². The van der Waals surface area contributed by atoms with Gasteiger partial charge in [0.05, 0.1) is 29.3 Å². The Morgan fingerprint density at radius 3 is 2.84 bits per heavy atom. The van der Waals surface area contributed by atoms with Gasteiger partial charge in [0.15, 0.2) is 0 Å². The van der Waals surface area contributed by atoms with E-state index in [1.54, 1.807) is 10.9 Å². The summed E-state index contributed by atoms with van der Waals surface area (Å²) in [5.41, 5.74) is 2.08. The van der Waals surface area contributed by atoms with E-state index in [0.29, 0.717) is 12.4 Å². The van der Waals surface area contributed by atoms with Crippen molar-refractivity contribution in [3.63, 3.8) is 0 Å². The monoisotopic (exact) mass is 412 g/mol. The van der Waals surface area contributed by atoms with Crippen molar-refractivity contribution >= 4 is 28.2 Å². The predicted molar refractivity (Wildman–Crippen MR) is 117 cm³/mol. The molecule has 0 bridgehead atoms. The van der Waals surface area contributed by atoms with E-state index in [9.17, 15) is 10.1 Å². The quantitative estimate of drug-likeness (QED) is 0.710. The van der Waals surface area contributed by atoms with Crippen LogP contribution < -0.4 is 10.2 Å². The molecule has 1 N–H and O–H groups in total. The highest BCUT2D eigenvalue weighted by molar-refractivity contribution is 5.95. The summed E-state index contributed by atoms with van der Waals surface area (Å²) in [6.07, 6.45) is 9.72. The highest BCUT2D eigenvalue weighted by atomic mass is 16.2. The third-order valence-electron chi connectivity index (χ3n) is 7.51. The number of nitriles is 1. The Bertz CT molecular complexity index is 1250. The summed E-state index contributed by atoms with van der Waals surface area (Å²) < 4.78 is 1.78. The number of hydrogen-bond acceptors (Lipinski definition) is 5. The summed E-state index contributed by atoms with van der Waals surface area (Å²) in [6, 6.07) is 10.7. The number of anilines is 2. The van der Waals surface area contributed by atoms with Gasteiger partial charge in [-0.15, -0.1) is 0 Å². The Hall–Kier alpha value is -3.40. The first kappa shape index (κ1) is 18.4. The molecule has 2 unspecified atom stereocenters. The van der Waals surface area contributed by atoms with Crippen LogP contribution in [0.2, 0.25) is 0 Å². The molecule has 1 amide bonds. The molecule has 2 aromatic heterocycles. The minimum Gasteiger partial charge on any atom is -0.368 e. The van der Waals surface area contributed by atoms with E-state index in [4.69, 9.17) is 0 Å². The molecule has 7 heteroatoms. The van der Waals surface area contributed by atoms with Crippen LogP contribution in [0, 0.1) is 22.7 Å². The molecule has 2 aliphatic carbocycles. The number of aromatic nitrogens is 3. The van der Waals surface area contributed by atoms with Crippen LogP contribution in [0.3, 0.4) is 0 Å². The molecular weight excluding hydrogens is 388 g/mol. The van der Waals surface area contributed by atoms with Crippen molar-refractivity contribution in [2.24, 2.45) is 18.4 Å². The first-order valence-corrected chi connectivity index (χ1v) is 10.9. The Kier molecular flexibility index (Phi) is 3.73. The summed E-state index contributed by atoms with van der Waals surface area (Å²) in [5, 5.41) is 19.1. The van der Waals surface area contributed by atoms with Crippen LogP contribution in [0.4, 0.5) is 11.5 Å². The number of hydrogen-bond donors (Lipinski definition) is 1. The van der Waals surface area contributed by atoms with E-state index in [1.807, 2.05) is 31.6 Å². The van der Waals surface area contributed by atoms with Crippen LogP contribution in [0.1, 0.15) is 31.2 Å². The van der Waals surface area contributed by atoms with Crippen LogP contribution in [-0.2, 0) is 17.3 Å². The van der Waals surface area contributed by atoms with Crippen LogP contribution in [0.25, 0.3) is 10.8 Å². The summed E-state index contributed by atoms with van der Waals surface area (Å²) >= 11 is 0. The lowest BCUT2D eigenvalue weighted by molar-refractivity contribution is -0.119. The molecule has 1 saturated heterocycles. The van der Waals surface area contributed by atoms with Gasteiger partial charge < -0.3 is 10.2 Å². The minimum absolute atomic E-state index is 0.00187. The van der Waals surface area contributed by atoms with Gasteiger partial charge in [-0.25, -0.2) is 4.98 Å². The topological polar surface area (TPSA) is 86.8 Å². The SMILES string of the molecule is Cn1cc(N2CCC(C(=O)Nc3cc4cc(C5(C#N)CC56CC6)ccc4cn3)C2)cn1. The second kappa shape index (κ2) is 6.30. The number of benzene rings is 1. The lowest BCUT2D eigenvalue weighted by Crippen LogP contribution is -2.27. The number of rotatable bonds is 4. The number of carbonyl (C=O) groups excluding carboxylic acids is 1. The largest absolute Gasteiger partial charge is 0.368 e. The zero-order chi connectivity index (χ0) is 21.2. The Balaban J connectivity index is 1.19. The fourth-order valence-corrected chi connectivity index (χ4v) is 5.33. The number of aryl methyl sites for hydroxylation is 1. The lowest BCUT2D eigenvalue weighted by Gasteiger charge is -2.16. The number of nitrogens with zero attached hydrogens (tertiary/aromatic N) is 5. The Morgan fingerprint density at radius 2 is 2.13 bits per heavy atom. The van der Waals surface area contributed by atoms with E-state index in [1.165, 1.54) is 0 Å². The molecule has 0 radical (unpaired) electrons. The molecule has 1 spiro atoms. The van der Waals surface area contributed by atoms with Gasteiger partial charge in [-0.1, -0.05) is 12.1 Å². The zero-order valence-electron chi connectivity index (χ0n) is 17.5. The summed E-state index contributed by atoms with van der Waals surface area (Å²) in [6.45, 7) is 1.53. The second-order valence-corrected chi connectivity index (χ2v) is 9.40. The summed E-state index contributed by atoms with van der Waals surface area (Å²) in [4.78, 5) is 19.5. The van der Waals surface area contributed by atoms with Gasteiger partial charge in [-0.3, -0.25) is 9.48 Å². The van der Waals surface area contributed by atoms with Gasteiger partial charge in [-0.05, 0) is 54.2 Å². The summed E-state index contributed by atoms with van der Waals surface area (Å²) in [5.74, 6) is 0.492. The average molecular weight is 412 g/mol. The van der Waals surface area contributed by atoms with Crippen molar-refractivity contribution in [2.75, 3.05) is 23.3 Å². The Morgan fingerprint density at radius 1 is 1.26 bits per heavy atom. The van der Waals surface area contributed by atoms with E-state index in [2.05, 4.69) is 38.5 Å². The van der Waals surface area contributed by atoms with Crippen molar-refractivity contribution in [1.82, 2.24) is 14.8 Å². The minimum atomic E-state index is -0.312. The van der Waals surface area contributed by atoms with Gasteiger partial charge in [-0.2, -0.15) is 10.4 Å². The van der Waals surface area contributed by atoms with Gasteiger partial charge in [0.2, 0.25) is 5.91 Å². The first-order valence-electron chi connectivity index (χ1n) is 10.9. The summed E-state index contributed by atoms with van der Waals surface area (Å²) in [7, 11) is 1.90. The van der Waals surface area contributed by atoms with Crippen molar-refractivity contribution < 1.29 is 4.79 Å². The number of carbonyl (C=O) groups is 1. The van der Waals surface area contributed by atoms with Gasteiger partial charge in [0.25, 0.3) is 0 Å². The molecule has 3 heterocycles. The molecule has 3 aliphatic rings. The molecule has 31 heavy (non-hydrogen) atoms. The maximum atomic E-state index is 12.9. The van der Waals surface area contributed by atoms with E-state index in [0.717, 1.165) is 54.3 Å². The lowest BCUT2D eigenvalue weighted by atomic mass is 9.92. The molecule has 1 aliphatic heterocycles. The molecule has 2 atom stereocenters. The van der Waals surface area contributed by atoms with E-state index in [-0.39, 0.29) is 22.7 Å². The van der Waals surface area contributed by atoms with Gasteiger partial charge in [0, 0.05) is 37.9 Å². The predicted octanol–water partition coefficient (Wildman–Crippen LogP) is 3.38. The third-order valence-corrected chi connectivity index (χ3v) is 7.51. The highest BCUT2D eigenvalue weighted by Gasteiger charge is 2.75. The molecular formula is C24H24N6O. The normalized spacial score (nSPS) is 25.5. The average Bonchev–Trinajstić information content (AvgIpc) is 3.53. The molecule has 3 aromatic rings. The number of pyridine rings is 1. The van der Waals surface area contributed by atoms with Crippen molar-refractivity contribution in [1.29, 1.82) is 5.26 Å². The van der Waals surface area contributed by atoms with Crippen molar-refractivity contribution in [2.45, 2.75) is 31.1 Å². The second-order valence-electron chi connectivity index (χ2n) is 9.40. The molecule has 7 nitrogen and oxygen atoms in total. The van der Waals surface area contributed by atoms with Crippen LogP contribution in [0.5, 0.6) is 0 Å².